The molecule has 1 unspecified atom stereocenters. The van der Waals surface area contributed by atoms with Crippen molar-refractivity contribution in [1.82, 2.24) is 10.3 Å². The van der Waals surface area contributed by atoms with Gasteiger partial charge >= 0.3 is 0 Å². The van der Waals surface area contributed by atoms with Crippen molar-refractivity contribution in [3.63, 3.8) is 0 Å². The van der Waals surface area contributed by atoms with Crippen LogP contribution in [-0.2, 0) is 6.54 Å². The normalized spacial score (nSPS) is 14.1. The van der Waals surface area contributed by atoms with Crippen LogP contribution in [-0.4, -0.2) is 24.6 Å². The molecule has 0 spiro atoms. The number of nitrogens with one attached hydrogen (secondary N) is 1. The maximum absolute atomic E-state index is 13.9. The van der Waals surface area contributed by atoms with Gasteiger partial charge in [0, 0.05) is 23.7 Å². The predicted molar refractivity (Wildman–Crippen MR) is 117 cm³/mol. The van der Waals surface area contributed by atoms with Crippen molar-refractivity contribution >= 4 is 5.91 Å². The second kappa shape index (κ2) is 9.58. The van der Waals surface area contributed by atoms with E-state index in [1.54, 1.807) is 32.2 Å². The Labute approximate surface area is 189 Å². The molecule has 1 saturated carbocycles. The van der Waals surface area contributed by atoms with Crippen molar-refractivity contribution in [3.8, 4) is 23.0 Å². The summed E-state index contributed by atoms with van der Waals surface area (Å²) in [6, 6.07) is 7.77. The lowest BCUT2D eigenvalue weighted by atomic mass is 10.2. The number of rotatable bonds is 9. The Morgan fingerprint density at radius 2 is 2.03 bits per heavy atom. The predicted octanol–water partition coefficient (Wildman–Crippen LogP) is 4.37. The second-order valence-corrected chi connectivity index (χ2v) is 8.06. The van der Waals surface area contributed by atoms with Gasteiger partial charge in [-0.05, 0) is 49.9 Å². The molecule has 3 N–H and O–H groups in total. The van der Waals surface area contributed by atoms with Crippen LogP contribution in [0.15, 0.2) is 40.8 Å². The zero-order valence-corrected chi connectivity index (χ0v) is 18.4. The van der Waals surface area contributed by atoms with E-state index >= 15 is 0 Å². The number of ether oxygens (including phenoxy) is 2. The maximum Gasteiger partial charge on any atom is 0.273 e. The summed E-state index contributed by atoms with van der Waals surface area (Å²) in [6.45, 7) is 2.12. The smallest absolute Gasteiger partial charge is 0.273 e. The number of amides is 1. The van der Waals surface area contributed by atoms with Crippen LogP contribution in [0, 0.1) is 17.6 Å². The number of methoxy groups -OCH3 is 1. The largest absolute Gasteiger partial charge is 0.493 e. The lowest BCUT2D eigenvalue weighted by molar-refractivity contribution is 0.0943. The number of carbonyl (C=O) groups excluding carboxylic acids is 1. The van der Waals surface area contributed by atoms with Crippen molar-refractivity contribution < 1.29 is 27.5 Å². The van der Waals surface area contributed by atoms with E-state index in [4.69, 9.17) is 19.6 Å². The van der Waals surface area contributed by atoms with Crippen molar-refractivity contribution in [2.75, 3.05) is 13.7 Å². The molecule has 1 amide bonds. The number of oxazole rings is 1. The van der Waals surface area contributed by atoms with Gasteiger partial charge in [0.25, 0.3) is 5.91 Å². The maximum atomic E-state index is 13.9. The molecule has 1 heterocycles. The summed E-state index contributed by atoms with van der Waals surface area (Å²) in [5.41, 5.74) is 6.73. The van der Waals surface area contributed by atoms with Crippen LogP contribution in [0.2, 0.25) is 0 Å². The third-order valence-electron chi connectivity index (χ3n) is 5.32. The highest BCUT2D eigenvalue weighted by atomic mass is 19.1. The SMILES string of the molecule is COc1ccc(-c2nc(C(=O)NCc3ccc(F)cc3F)c(C(C)N)o2)cc1OCC1CC1. The first-order chi connectivity index (χ1) is 15.9. The first kappa shape index (κ1) is 22.7. The van der Waals surface area contributed by atoms with Crippen molar-refractivity contribution in [2.24, 2.45) is 11.7 Å². The van der Waals surface area contributed by atoms with Crippen LogP contribution in [0.4, 0.5) is 8.78 Å². The van der Waals surface area contributed by atoms with E-state index in [1.807, 2.05) is 0 Å². The first-order valence-electron chi connectivity index (χ1n) is 10.7. The van der Waals surface area contributed by atoms with Crippen molar-refractivity contribution in [2.45, 2.75) is 32.4 Å². The second-order valence-electron chi connectivity index (χ2n) is 8.06. The fraction of sp³-hybridized carbons (Fsp3) is 0.333. The molecule has 3 aromatic rings. The highest BCUT2D eigenvalue weighted by Crippen LogP contribution is 2.36. The number of aromatic nitrogens is 1. The average Bonchev–Trinajstić information content (AvgIpc) is 3.51. The van der Waals surface area contributed by atoms with Gasteiger partial charge in [0.2, 0.25) is 5.89 Å². The third-order valence-corrected chi connectivity index (χ3v) is 5.32. The topological polar surface area (TPSA) is 99.6 Å². The molecular weight excluding hydrogens is 432 g/mol. The molecule has 7 nitrogen and oxygen atoms in total. The molecule has 1 aliphatic rings. The minimum absolute atomic E-state index is 0.00112. The summed E-state index contributed by atoms with van der Waals surface area (Å²) in [5.74, 6) is 0.0600. The quantitative estimate of drug-likeness (QED) is 0.495. The molecule has 1 aromatic heterocycles. The van der Waals surface area contributed by atoms with Crippen LogP contribution < -0.4 is 20.5 Å². The van der Waals surface area contributed by atoms with E-state index in [1.165, 1.54) is 6.07 Å². The van der Waals surface area contributed by atoms with E-state index in [9.17, 15) is 13.6 Å². The molecule has 1 atom stereocenters. The van der Waals surface area contributed by atoms with Crippen LogP contribution in [0.5, 0.6) is 11.5 Å². The van der Waals surface area contributed by atoms with Gasteiger partial charge in [0.05, 0.1) is 19.8 Å². The van der Waals surface area contributed by atoms with Crippen LogP contribution in [0.25, 0.3) is 11.5 Å². The monoisotopic (exact) mass is 457 g/mol. The number of halogens is 2. The minimum Gasteiger partial charge on any atom is -0.493 e. The van der Waals surface area contributed by atoms with E-state index in [0.29, 0.717) is 29.6 Å². The highest BCUT2D eigenvalue weighted by Gasteiger charge is 2.25. The van der Waals surface area contributed by atoms with Gasteiger partial charge in [0.1, 0.15) is 11.6 Å². The summed E-state index contributed by atoms with van der Waals surface area (Å²) in [7, 11) is 1.56. The summed E-state index contributed by atoms with van der Waals surface area (Å²) in [6.07, 6.45) is 2.31. The van der Waals surface area contributed by atoms with E-state index in [0.717, 1.165) is 25.0 Å². The van der Waals surface area contributed by atoms with Crippen molar-refractivity contribution in [1.29, 1.82) is 0 Å². The minimum atomic E-state index is -0.750. The molecule has 0 aliphatic heterocycles. The molecule has 0 bridgehead atoms. The van der Waals surface area contributed by atoms with Gasteiger partial charge in [-0.3, -0.25) is 4.79 Å². The Balaban J connectivity index is 1.56. The third kappa shape index (κ3) is 5.31. The lowest BCUT2D eigenvalue weighted by Gasteiger charge is -2.11. The zero-order valence-electron chi connectivity index (χ0n) is 18.4. The standard InChI is InChI=1S/C24H25F2N3O4/c1-13(27)22-21(23(30)28-11-16-5-7-17(25)10-18(16)26)29-24(33-22)15-6-8-19(31-2)20(9-15)32-12-14-3-4-14/h5-10,13-14H,3-4,11-12,27H2,1-2H3,(H,28,30). The molecule has 1 fully saturated rings. The number of carbonyl (C=O) groups is 1. The van der Waals surface area contributed by atoms with Crippen LogP contribution >= 0.6 is 0 Å². The highest BCUT2D eigenvalue weighted by molar-refractivity contribution is 5.94. The number of hydrogen-bond acceptors (Lipinski definition) is 6. The molecule has 0 radical (unpaired) electrons. The summed E-state index contributed by atoms with van der Waals surface area (Å²) < 4.78 is 44.1. The Kier molecular flexibility index (Phi) is 6.60. The number of nitrogens with zero attached hydrogens (tertiary/aromatic N) is 1. The van der Waals surface area contributed by atoms with Gasteiger partial charge < -0.3 is 24.9 Å². The van der Waals surface area contributed by atoms with Crippen LogP contribution in [0.3, 0.4) is 0 Å². The van der Waals surface area contributed by atoms with E-state index in [-0.39, 0.29) is 29.5 Å². The Morgan fingerprint density at radius 1 is 1.24 bits per heavy atom. The molecule has 0 saturated heterocycles. The molecule has 1 aliphatic carbocycles. The average molecular weight is 457 g/mol. The first-order valence-corrected chi connectivity index (χ1v) is 10.7. The van der Waals surface area contributed by atoms with Gasteiger partial charge in [-0.2, -0.15) is 0 Å². The fourth-order valence-corrected chi connectivity index (χ4v) is 3.27. The fourth-order valence-electron chi connectivity index (χ4n) is 3.27. The Bertz CT molecular complexity index is 1160. The number of nitrogens with two attached hydrogens (primary N) is 1. The van der Waals surface area contributed by atoms with Gasteiger partial charge in [0.15, 0.2) is 23.0 Å². The van der Waals surface area contributed by atoms with Gasteiger partial charge in [-0.1, -0.05) is 6.07 Å². The molecule has 4 rings (SSSR count). The summed E-state index contributed by atoms with van der Waals surface area (Å²) >= 11 is 0. The lowest BCUT2D eigenvalue weighted by Crippen LogP contribution is -2.25. The van der Waals surface area contributed by atoms with Gasteiger partial charge in [-0.25, -0.2) is 13.8 Å². The summed E-state index contributed by atoms with van der Waals surface area (Å²) in [4.78, 5) is 17.1. The van der Waals surface area contributed by atoms with E-state index in [2.05, 4.69) is 10.3 Å². The molecular formula is C24H25F2N3O4. The van der Waals surface area contributed by atoms with Crippen molar-refractivity contribution in [3.05, 3.63) is 65.1 Å². The molecule has 174 valence electrons. The number of benzene rings is 2. The van der Waals surface area contributed by atoms with Gasteiger partial charge in [-0.15, -0.1) is 0 Å². The number of hydrogen-bond donors (Lipinski definition) is 2. The Morgan fingerprint density at radius 3 is 2.70 bits per heavy atom. The van der Waals surface area contributed by atoms with E-state index < -0.39 is 23.6 Å². The summed E-state index contributed by atoms with van der Waals surface area (Å²) in [5, 5.41) is 2.58. The Hall–Kier alpha value is -3.46. The molecule has 2 aromatic carbocycles. The molecule has 33 heavy (non-hydrogen) atoms. The van der Waals surface area contributed by atoms with Crippen LogP contribution in [0.1, 0.15) is 47.6 Å². The zero-order chi connectivity index (χ0) is 23.5. The molecule has 9 heteroatoms.